The predicted molar refractivity (Wildman–Crippen MR) is 103 cm³/mol. The van der Waals surface area contributed by atoms with E-state index in [0.717, 1.165) is 49.7 Å². The number of carbonyl (C=O) groups excluding carboxylic acids is 1. The molecule has 4 rings (SSSR count). The fourth-order valence-corrected chi connectivity index (χ4v) is 3.48. The minimum Gasteiger partial charge on any atom is -0.497 e. The minimum absolute atomic E-state index is 0.00366. The van der Waals surface area contributed by atoms with Crippen molar-refractivity contribution >= 4 is 11.6 Å². The third kappa shape index (κ3) is 3.26. The summed E-state index contributed by atoms with van der Waals surface area (Å²) in [5, 5.41) is 4.45. The molecule has 0 atom stereocenters. The van der Waals surface area contributed by atoms with Gasteiger partial charge in [0.2, 0.25) is 0 Å². The Hall–Kier alpha value is -2.93. The van der Waals surface area contributed by atoms with Gasteiger partial charge in [0.15, 0.2) is 5.65 Å². The second-order valence-electron chi connectivity index (χ2n) is 6.58. The summed E-state index contributed by atoms with van der Waals surface area (Å²) in [6.45, 7) is 6.45. The van der Waals surface area contributed by atoms with Gasteiger partial charge in [-0.25, -0.2) is 9.50 Å². The molecule has 0 radical (unpaired) electrons. The quantitative estimate of drug-likeness (QED) is 0.709. The van der Waals surface area contributed by atoms with E-state index in [-0.39, 0.29) is 5.91 Å². The summed E-state index contributed by atoms with van der Waals surface area (Å²) in [5.41, 5.74) is 2.96. The molecule has 1 amide bonds. The van der Waals surface area contributed by atoms with Gasteiger partial charge in [-0.05, 0) is 24.7 Å². The van der Waals surface area contributed by atoms with Crippen LogP contribution in [0.25, 0.3) is 16.9 Å². The smallest absolute Gasteiger partial charge is 0.259 e. The van der Waals surface area contributed by atoms with E-state index in [1.54, 1.807) is 24.0 Å². The Morgan fingerprint density at radius 3 is 2.74 bits per heavy atom. The number of hydrogen-bond donors (Lipinski definition) is 0. The van der Waals surface area contributed by atoms with Crippen molar-refractivity contribution in [1.29, 1.82) is 0 Å². The van der Waals surface area contributed by atoms with Gasteiger partial charge in [0.1, 0.15) is 11.3 Å². The molecule has 7 heteroatoms. The summed E-state index contributed by atoms with van der Waals surface area (Å²) >= 11 is 0. The first-order chi connectivity index (χ1) is 13.2. The van der Waals surface area contributed by atoms with Gasteiger partial charge in [0.25, 0.3) is 5.91 Å². The largest absolute Gasteiger partial charge is 0.497 e. The monoisotopic (exact) mass is 365 g/mol. The molecule has 0 unspecified atom stereocenters. The zero-order chi connectivity index (χ0) is 18.8. The Morgan fingerprint density at radius 1 is 1.19 bits per heavy atom. The molecule has 0 spiro atoms. The topological polar surface area (TPSA) is 63.0 Å². The number of likely N-dealkylation sites (N-methyl/N-ethyl adjacent to an activating group) is 1. The molecule has 0 saturated carbocycles. The molecule has 0 N–H and O–H groups in total. The lowest BCUT2D eigenvalue weighted by Crippen LogP contribution is -2.48. The average Bonchev–Trinajstić information content (AvgIpc) is 3.17. The maximum absolute atomic E-state index is 13.0. The van der Waals surface area contributed by atoms with Crippen LogP contribution in [0.3, 0.4) is 0 Å². The Balaban J connectivity index is 1.67. The number of carbonyl (C=O) groups is 1. The van der Waals surface area contributed by atoms with E-state index >= 15 is 0 Å². The number of aromatic nitrogens is 3. The normalized spacial score (nSPS) is 15.3. The standard InChI is InChI=1S/C20H23N5O2/c1-3-23-9-11-24(12-10-23)20(26)17-14-22-25-18(7-8-21-19(17)25)15-5-4-6-16(13-15)27-2/h4-8,13-14H,3,9-12H2,1-2H3. The van der Waals surface area contributed by atoms with E-state index in [0.29, 0.717) is 11.2 Å². The molecule has 1 saturated heterocycles. The minimum atomic E-state index is -0.00366. The van der Waals surface area contributed by atoms with Crippen LogP contribution in [0.1, 0.15) is 17.3 Å². The summed E-state index contributed by atoms with van der Waals surface area (Å²) < 4.78 is 7.05. The first-order valence-electron chi connectivity index (χ1n) is 9.20. The summed E-state index contributed by atoms with van der Waals surface area (Å²) in [6, 6.07) is 9.66. The number of piperazine rings is 1. The van der Waals surface area contributed by atoms with Crippen molar-refractivity contribution in [3.8, 4) is 17.0 Å². The van der Waals surface area contributed by atoms with Crippen LogP contribution in [0.4, 0.5) is 0 Å². The van der Waals surface area contributed by atoms with Crippen LogP contribution in [0.15, 0.2) is 42.7 Å². The van der Waals surface area contributed by atoms with E-state index in [2.05, 4.69) is 21.9 Å². The number of rotatable bonds is 4. The maximum Gasteiger partial charge on any atom is 0.259 e. The number of amides is 1. The second kappa shape index (κ2) is 7.36. The van der Waals surface area contributed by atoms with Gasteiger partial charge in [-0.2, -0.15) is 5.10 Å². The van der Waals surface area contributed by atoms with Crippen LogP contribution < -0.4 is 4.74 Å². The maximum atomic E-state index is 13.0. The first kappa shape index (κ1) is 17.5. The van der Waals surface area contributed by atoms with Crippen molar-refractivity contribution in [2.24, 2.45) is 0 Å². The van der Waals surface area contributed by atoms with Gasteiger partial charge < -0.3 is 14.5 Å². The molecule has 1 fully saturated rings. The number of benzene rings is 1. The van der Waals surface area contributed by atoms with E-state index in [1.807, 2.05) is 35.2 Å². The fourth-order valence-electron chi connectivity index (χ4n) is 3.48. The molecule has 0 aliphatic carbocycles. The highest BCUT2D eigenvalue weighted by molar-refractivity contribution is 6.00. The molecule has 1 aliphatic rings. The van der Waals surface area contributed by atoms with Crippen LogP contribution in [0.2, 0.25) is 0 Å². The van der Waals surface area contributed by atoms with Crippen molar-refractivity contribution < 1.29 is 9.53 Å². The number of hydrogen-bond acceptors (Lipinski definition) is 5. The van der Waals surface area contributed by atoms with Crippen molar-refractivity contribution in [3.05, 3.63) is 48.3 Å². The van der Waals surface area contributed by atoms with E-state index < -0.39 is 0 Å². The van der Waals surface area contributed by atoms with Crippen LogP contribution in [-0.4, -0.2) is 70.1 Å². The molecule has 1 aliphatic heterocycles. The van der Waals surface area contributed by atoms with Gasteiger partial charge in [-0.15, -0.1) is 0 Å². The number of ether oxygens (including phenoxy) is 1. The molecule has 2 aromatic heterocycles. The van der Waals surface area contributed by atoms with Gasteiger partial charge >= 0.3 is 0 Å². The zero-order valence-corrected chi connectivity index (χ0v) is 15.6. The zero-order valence-electron chi connectivity index (χ0n) is 15.6. The Kier molecular flexibility index (Phi) is 4.77. The number of methoxy groups -OCH3 is 1. The number of nitrogens with zero attached hydrogens (tertiary/aromatic N) is 5. The first-order valence-corrected chi connectivity index (χ1v) is 9.20. The summed E-state index contributed by atoms with van der Waals surface area (Å²) in [7, 11) is 1.64. The second-order valence-corrected chi connectivity index (χ2v) is 6.58. The van der Waals surface area contributed by atoms with Crippen LogP contribution >= 0.6 is 0 Å². The van der Waals surface area contributed by atoms with E-state index in [9.17, 15) is 4.79 Å². The van der Waals surface area contributed by atoms with Crippen LogP contribution in [0.5, 0.6) is 5.75 Å². The van der Waals surface area contributed by atoms with Crippen molar-refractivity contribution in [2.75, 3.05) is 39.8 Å². The van der Waals surface area contributed by atoms with Crippen molar-refractivity contribution in [1.82, 2.24) is 24.4 Å². The van der Waals surface area contributed by atoms with Gasteiger partial charge in [0, 0.05) is 37.9 Å². The lowest BCUT2D eigenvalue weighted by molar-refractivity contribution is 0.0645. The van der Waals surface area contributed by atoms with Crippen LogP contribution in [-0.2, 0) is 0 Å². The Morgan fingerprint density at radius 2 is 2.00 bits per heavy atom. The third-order valence-electron chi connectivity index (χ3n) is 5.10. The summed E-state index contributed by atoms with van der Waals surface area (Å²) in [6.07, 6.45) is 3.35. The Labute approximate surface area is 158 Å². The predicted octanol–water partition coefficient (Wildman–Crippen LogP) is 2.18. The fraction of sp³-hybridized carbons (Fsp3) is 0.350. The molecule has 1 aromatic carbocycles. The Bertz CT molecular complexity index is 960. The van der Waals surface area contributed by atoms with Crippen LogP contribution in [0, 0.1) is 0 Å². The van der Waals surface area contributed by atoms with Gasteiger partial charge in [-0.3, -0.25) is 4.79 Å². The van der Waals surface area contributed by atoms with Crippen molar-refractivity contribution in [2.45, 2.75) is 6.92 Å². The number of fused-ring (bicyclic) bond motifs is 1. The third-order valence-corrected chi connectivity index (χ3v) is 5.10. The van der Waals surface area contributed by atoms with Crippen molar-refractivity contribution in [3.63, 3.8) is 0 Å². The van der Waals surface area contributed by atoms with Gasteiger partial charge in [0.05, 0.1) is 19.0 Å². The summed E-state index contributed by atoms with van der Waals surface area (Å²) in [4.78, 5) is 21.7. The SMILES string of the molecule is CCN1CCN(C(=O)c2cnn3c(-c4cccc(OC)c4)ccnc23)CC1. The lowest BCUT2D eigenvalue weighted by Gasteiger charge is -2.33. The molecule has 0 bridgehead atoms. The molecule has 140 valence electrons. The molecule has 27 heavy (non-hydrogen) atoms. The highest BCUT2D eigenvalue weighted by Gasteiger charge is 2.25. The van der Waals surface area contributed by atoms with Gasteiger partial charge in [-0.1, -0.05) is 19.1 Å². The average molecular weight is 365 g/mol. The lowest BCUT2D eigenvalue weighted by atomic mass is 10.1. The molecular weight excluding hydrogens is 342 g/mol. The summed E-state index contributed by atoms with van der Waals surface area (Å²) in [5.74, 6) is 0.769. The molecule has 3 aromatic rings. The highest BCUT2D eigenvalue weighted by atomic mass is 16.5. The molecule has 7 nitrogen and oxygen atoms in total. The molecular formula is C20H23N5O2. The van der Waals surface area contributed by atoms with E-state index in [4.69, 9.17) is 4.74 Å². The van der Waals surface area contributed by atoms with E-state index in [1.165, 1.54) is 0 Å². The highest BCUT2D eigenvalue weighted by Crippen LogP contribution is 2.25. The molecule has 3 heterocycles.